The Kier molecular flexibility index (Phi) is 5.89. The zero-order valence-corrected chi connectivity index (χ0v) is 13.6. The fraction of sp³-hybridized carbons (Fsp3) is 0.222. The Hall–Kier alpha value is -2.89. The van der Waals surface area contributed by atoms with Crippen LogP contribution in [0, 0.1) is 5.82 Å². The van der Waals surface area contributed by atoms with Crippen molar-refractivity contribution in [3.63, 3.8) is 0 Å². The summed E-state index contributed by atoms with van der Waals surface area (Å²) in [6, 6.07) is 12.8. The molecule has 1 N–H and O–H groups in total. The van der Waals surface area contributed by atoms with E-state index in [0.29, 0.717) is 17.1 Å². The largest absolute Gasteiger partial charge is 0.495 e. The molecule has 0 saturated carbocycles. The van der Waals surface area contributed by atoms with E-state index >= 15 is 0 Å². The van der Waals surface area contributed by atoms with Gasteiger partial charge in [0.15, 0.2) is 0 Å². The molecule has 6 heteroatoms. The monoisotopic (exact) mass is 330 g/mol. The summed E-state index contributed by atoms with van der Waals surface area (Å²) >= 11 is 0. The quantitative estimate of drug-likeness (QED) is 0.885. The number of amides is 2. The summed E-state index contributed by atoms with van der Waals surface area (Å²) in [4.78, 5) is 25.3. The predicted molar refractivity (Wildman–Crippen MR) is 90.7 cm³/mol. The number of carbonyl (C=O) groups excluding carboxylic acids is 2. The summed E-state index contributed by atoms with van der Waals surface area (Å²) in [5.74, 6) is -0.399. The third-order valence-corrected chi connectivity index (χ3v) is 3.44. The molecule has 0 radical (unpaired) electrons. The molecule has 24 heavy (non-hydrogen) atoms. The van der Waals surface area contributed by atoms with Gasteiger partial charge in [0.05, 0.1) is 12.8 Å². The molecule has 0 aromatic heterocycles. The molecule has 0 aliphatic carbocycles. The minimum absolute atomic E-state index is 0.0775. The Balaban J connectivity index is 2.02. The van der Waals surface area contributed by atoms with Crippen LogP contribution in [0.3, 0.4) is 0 Å². The van der Waals surface area contributed by atoms with E-state index in [-0.39, 0.29) is 24.8 Å². The third-order valence-electron chi connectivity index (χ3n) is 3.44. The summed E-state index contributed by atoms with van der Waals surface area (Å²) in [5, 5.41) is 2.74. The molecule has 0 atom stereocenters. The van der Waals surface area contributed by atoms with Gasteiger partial charge in [-0.1, -0.05) is 18.2 Å². The normalized spacial score (nSPS) is 10.1. The van der Waals surface area contributed by atoms with E-state index in [1.54, 1.807) is 30.3 Å². The second-order valence-corrected chi connectivity index (χ2v) is 5.15. The van der Waals surface area contributed by atoms with E-state index in [1.165, 1.54) is 37.1 Å². The summed E-state index contributed by atoms with van der Waals surface area (Å²) in [7, 11) is 1.52. The van der Waals surface area contributed by atoms with Crippen molar-refractivity contribution in [2.24, 2.45) is 0 Å². The number of hydrogen-bond acceptors (Lipinski definition) is 3. The highest BCUT2D eigenvalue weighted by Gasteiger charge is 2.15. The molecule has 0 saturated heterocycles. The molecule has 2 rings (SSSR count). The van der Waals surface area contributed by atoms with Crippen LogP contribution in [0.5, 0.6) is 5.75 Å². The number of para-hydroxylation sites is 2. The Labute approximate surface area is 140 Å². The Bertz CT molecular complexity index is 734. The minimum Gasteiger partial charge on any atom is -0.495 e. The number of benzene rings is 2. The van der Waals surface area contributed by atoms with Crippen LogP contribution >= 0.6 is 0 Å². The second-order valence-electron chi connectivity index (χ2n) is 5.15. The molecule has 0 heterocycles. The number of nitrogens with zero attached hydrogens (tertiary/aromatic N) is 1. The van der Waals surface area contributed by atoms with Gasteiger partial charge in [0, 0.05) is 25.6 Å². The summed E-state index contributed by atoms with van der Waals surface area (Å²) in [6.45, 7) is 1.53. The first-order chi connectivity index (χ1) is 11.5. The maximum Gasteiger partial charge on any atom is 0.226 e. The van der Waals surface area contributed by atoms with E-state index in [2.05, 4.69) is 5.32 Å². The first-order valence-electron chi connectivity index (χ1n) is 7.48. The van der Waals surface area contributed by atoms with Gasteiger partial charge in [-0.05, 0) is 30.3 Å². The van der Waals surface area contributed by atoms with Crippen molar-refractivity contribution in [2.45, 2.75) is 13.3 Å². The number of hydrogen-bond donors (Lipinski definition) is 1. The minimum atomic E-state index is -0.433. The molecular weight excluding hydrogens is 311 g/mol. The molecule has 0 aliphatic heterocycles. The van der Waals surface area contributed by atoms with Gasteiger partial charge < -0.3 is 15.0 Å². The van der Waals surface area contributed by atoms with Crippen molar-refractivity contribution in [1.29, 1.82) is 0 Å². The molecule has 0 aliphatic rings. The predicted octanol–water partition coefficient (Wildman–Crippen LogP) is 3.22. The van der Waals surface area contributed by atoms with Crippen LogP contribution in [0.25, 0.3) is 0 Å². The number of anilines is 2. The van der Waals surface area contributed by atoms with Gasteiger partial charge in [0.1, 0.15) is 11.6 Å². The Morgan fingerprint density at radius 3 is 2.58 bits per heavy atom. The molecule has 0 spiro atoms. The number of methoxy groups -OCH3 is 1. The molecule has 126 valence electrons. The van der Waals surface area contributed by atoms with Crippen molar-refractivity contribution < 1.29 is 18.7 Å². The lowest BCUT2D eigenvalue weighted by Crippen LogP contribution is -2.32. The highest BCUT2D eigenvalue weighted by atomic mass is 19.1. The summed E-state index contributed by atoms with van der Waals surface area (Å²) in [6.07, 6.45) is 0.0775. The van der Waals surface area contributed by atoms with Crippen LogP contribution in [-0.4, -0.2) is 25.5 Å². The summed E-state index contributed by atoms with van der Waals surface area (Å²) in [5.41, 5.74) is 0.984. The number of ether oxygens (including phenoxy) is 1. The third kappa shape index (κ3) is 4.55. The van der Waals surface area contributed by atoms with Crippen molar-refractivity contribution >= 4 is 23.2 Å². The van der Waals surface area contributed by atoms with Crippen LogP contribution in [-0.2, 0) is 9.59 Å². The lowest BCUT2D eigenvalue weighted by molar-refractivity contribution is -0.117. The first kappa shape index (κ1) is 17.5. The van der Waals surface area contributed by atoms with Crippen molar-refractivity contribution in [3.05, 3.63) is 54.3 Å². The zero-order valence-electron chi connectivity index (χ0n) is 13.6. The molecule has 2 amide bonds. The molecule has 2 aromatic rings. The molecule has 2 aromatic carbocycles. The SMILES string of the molecule is COc1ccccc1NC(=O)CCN(C(C)=O)c1cccc(F)c1. The second kappa shape index (κ2) is 8.10. The van der Waals surface area contributed by atoms with E-state index in [1.807, 2.05) is 0 Å². The number of nitrogens with one attached hydrogen (secondary N) is 1. The maximum atomic E-state index is 13.3. The first-order valence-corrected chi connectivity index (χ1v) is 7.48. The molecule has 0 unspecified atom stereocenters. The standard InChI is InChI=1S/C18H19FN2O3/c1-13(22)21(15-7-5-6-14(19)12-15)11-10-18(23)20-16-8-3-4-9-17(16)24-2/h3-9,12H,10-11H2,1-2H3,(H,20,23). The Morgan fingerprint density at radius 2 is 1.92 bits per heavy atom. The fourth-order valence-electron chi connectivity index (χ4n) is 2.29. The van der Waals surface area contributed by atoms with E-state index in [0.717, 1.165) is 0 Å². The fourth-order valence-corrected chi connectivity index (χ4v) is 2.29. The number of carbonyl (C=O) groups is 2. The van der Waals surface area contributed by atoms with Gasteiger partial charge in [0.25, 0.3) is 0 Å². The smallest absolute Gasteiger partial charge is 0.226 e. The van der Waals surface area contributed by atoms with E-state index in [9.17, 15) is 14.0 Å². The highest BCUT2D eigenvalue weighted by molar-refractivity contribution is 5.95. The number of halogens is 1. The van der Waals surface area contributed by atoms with E-state index in [4.69, 9.17) is 4.74 Å². The average molecular weight is 330 g/mol. The topological polar surface area (TPSA) is 58.6 Å². The molecular formula is C18H19FN2O3. The van der Waals surface area contributed by atoms with Crippen LogP contribution in [0.2, 0.25) is 0 Å². The highest BCUT2D eigenvalue weighted by Crippen LogP contribution is 2.23. The van der Waals surface area contributed by atoms with Crippen molar-refractivity contribution in [3.8, 4) is 5.75 Å². The van der Waals surface area contributed by atoms with Gasteiger partial charge in [-0.15, -0.1) is 0 Å². The molecule has 5 nitrogen and oxygen atoms in total. The molecule has 0 bridgehead atoms. The zero-order chi connectivity index (χ0) is 17.5. The number of rotatable bonds is 6. The van der Waals surface area contributed by atoms with Crippen LogP contribution in [0.1, 0.15) is 13.3 Å². The summed E-state index contributed by atoms with van der Waals surface area (Å²) < 4.78 is 18.5. The van der Waals surface area contributed by atoms with Crippen LogP contribution < -0.4 is 15.0 Å². The average Bonchev–Trinajstić information content (AvgIpc) is 2.55. The lowest BCUT2D eigenvalue weighted by atomic mass is 10.2. The Morgan fingerprint density at radius 1 is 1.17 bits per heavy atom. The van der Waals surface area contributed by atoms with E-state index < -0.39 is 5.82 Å². The van der Waals surface area contributed by atoms with Gasteiger partial charge >= 0.3 is 0 Å². The van der Waals surface area contributed by atoms with Crippen molar-refractivity contribution in [1.82, 2.24) is 0 Å². The van der Waals surface area contributed by atoms with Gasteiger partial charge in [0.2, 0.25) is 11.8 Å². The maximum absolute atomic E-state index is 13.3. The molecule has 0 fully saturated rings. The lowest BCUT2D eigenvalue weighted by Gasteiger charge is -2.21. The van der Waals surface area contributed by atoms with Crippen LogP contribution in [0.15, 0.2) is 48.5 Å². The van der Waals surface area contributed by atoms with Gasteiger partial charge in [-0.2, -0.15) is 0 Å². The van der Waals surface area contributed by atoms with Gasteiger partial charge in [-0.25, -0.2) is 4.39 Å². The van der Waals surface area contributed by atoms with Gasteiger partial charge in [-0.3, -0.25) is 9.59 Å². The van der Waals surface area contributed by atoms with Crippen LogP contribution in [0.4, 0.5) is 15.8 Å². The van der Waals surface area contributed by atoms with Crippen molar-refractivity contribution in [2.75, 3.05) is 23.9 Å².